The maximum atomic E-state index is 13.7. The summed E-state index contributed by atoms with van der Waals surface area (Å²) < 4.78 is 15.8. The number of amides is 3. The third-order valence-electron chi connectivity index (χ3n) is 7.09. The van der Waals surface area contributed by atoms with Crippen molar-refractivity contribution in [3.8, 4) is 11.5 Å². The summed E-state index contributed by atoms with van der Waals surface area (Å²) in [7, 11) is 4.87. The van der Waals surface area contributed by atoms with Gasteiger partial charge in [-0.15, -0.1) is 0 Å². The van der Waals surface area contributed by atoms with E-state index in [9.17, 15) is 9.59 Å². The van der Waals surface area contributed by atoms with Crippen LogP contribution >= 0.6 is 0 Å². The standard InChI is InChI=1S/C28H35N3O5/c1-34-19-18-31-27(33)30(21-23-6-4-8-25(20-23)36-3)26(32)28(31)13-16-29(17-14-28)15-5-7-22-9-11-24(35-2)12-10-22/h4-12,20H,13-19,21H2,1-3H3/b7-5+. The summed E-state index contributed by atoms with van der Waals surface area (Å²) in [5.41, 5.74) is 1.16. The van der Waals surface area contributed by atoms with E-state index < -0.39 is 5.54 Å². The van der Waals surface area contributed by atoms with E-state index in [-0.39, 0.29) is 18.5 Å². The van der Waals surface area contributed by atoms with Crippen molar-refractivity contribution in [1.82, 2.24) is 14.7 Å². The largest absolute Gasteiger partial charge is 0.497 e. The predicted octanol–water partition coefficient (Wildman–Crippen LogP) is 3.66. The Kier molecular flexibility index (Phi) is 8.28. The molecule has 0 aliphatic carbocycles. The van der Waals surface area contributed by atoms with Gasteiger partial charge in [0.2, 0.25) is 0 Å². The normalized spacial score (nSPS) is 18.0. The lowest BCUT2D eigenvalue weighted by molar-refractivity contribution is -0.136. The molecule has 2 aliphatic rings. The Labute approximate surface area is 213 Å². The van der Waals surface area contributed by atoms with Gasteiger partial charge in [-0.25, -0.2) is 4.79 Å². The lowest BCUT2D eigenvalue weighted by atomic mass is 9.85. The number of hydrogen-bond acceptors (Lipinski definition) is 6. The van der Waals surface area contributed by atoms with Crippen molar-refractivity contribution in [1.29, 1.82) is 0 Å². The van der Waals surface area contributed by atoms with Gasteiger partial charge in [0, 0.05) is 33.3 Å². The number of likely N-dealkylation sites (tertiary alicyclic amines) is 1. The van der Waals surface area contributed by atoms with Crippen molar-refractivity contribution < 1.29 is 23.8 Å². The van der Waals surface area contributed by atoms with Gasteiger partial charge in [-0.3, -0.25) is 14.6 Å². The van der Waals surface area contributed by atoms with Crippen molar-refractivity contribution in [3.05, 3.63) is 65.7 Å². The van der Waals surface area contributed by atoms with Crippen LogP contribution in [0.25, 0.3) is 6.08 Å². The van der Waals surface area contributed by atoms with Crippen LogP contribution in [0.15, 0.2) is 54.6 Å². The van der Waals surface area contributed by atoms with Gasteiger partial charge in [0.05, 0.1) is 27.4 Å². The van der Waals surface area contributed by atoms with Crippen LogP contribution in [0.3, 0.4) is 0 Å². The van der Waals surface area contributed by atoms with Crippen molar-refractivity contribution >= 4 is 18.0 Å². The maximum Gasteiger partial charge on any atom is 0.328 e. The van der Waals surface area contributed by atoms with Crippen LogP contribution in [0.4, 0.5) is 4.79 Å². The fourth-order valence-electron chi connectivity index (χ4n) is 5.01. The van der Waals surface area contributed by atoms with E-state index in [0.29, 0.717) is 31.7 Å². The average molecular weight is 494 g/mol. The van der Waals surface area contributed by atoms with Gasteiger partial charge < -0.3 is 19.1 Å². The quantitative estimate of drug-likeness (QED) is 0.471. The summed E-state index contributed by atoms with van der Waals surface area (Å²) in [6.45, 7) is 3.28. The zero-order valence-electron chi connectivity index (χ0n) is 21.3. The third-order valence-corrected chi connectivity index (χ3v) is 7.09. The highest BCUT2D eigenvalue weighted by Gasteiger charge is 2.57. The fraction of sp³-hybridized carbons (Fsp3) is 0.429. The number of nitrogens with zero attached hydrogens (tertiary/aromatic N) is 3. The number of rotatable bonds is 10. The van der Waals surface area contributed by atoms with Crippen LogP contribution in [0.5, 0.6) is 11.5 Å². The second-order valence-electron chi connectivity index (χ2n) is 9.18. The van der Waals surface area contributed by atoms with Gasteiger partial charge in [-0.05, 0) is 48.2 Å². The fourth-order valence-corrected chi connectivity index (χ4v) is 5.01. The number of urea groups is 1. The summed E-state index contributed by atoms with van der Waals surface area (Å²) in [5, 5.41) is 0. The smallest absolute Gasteiger partial charge is 0.328 e. The zero-order chi connectivity index (χ0) is 25.5. The first kappa shape index (κ1) is 25.7. The Morgan fingerprint density at radius 1 is 0.944 bits per heavy atom. The second-order valence-corrected chi connectivity index (χ2v) is 9.18. The number of carbonyl (C=O) groups excluding carboxylic acids is 2. The van der Waals surface area contributed by atoms with Crippen molar-refractivity contribution in [2.45, 2.75) is 24.9 Å². The molecule has 0 atom stereocenters. The molecule has 0 saturated carbocycles. The minimum absolute atomic E-state index is 0.111. The minimum atomic E-state index is -0.815. The van der Waals surface area contributed by atoms with Gasteiger partial charge >= 0.3 is 6.03 Å². The van der Waals surface area contributed by atoms with Crippen molar-refractivity contribution in [2.75, 3.05) is 54.1 Å². The second kappa shape index (κ2) is 11.6. The highest BCUT2D eigenvalue weighted by atomic mass is 16.5. The van der Waals surface area contributed by atoms with E-state index >= 15 is 0 Å². The van der Waals surface area contributed by atoms with E-state index in [1.807, 2.05) is 48.5 Å². The van der Waals surface area contributed by atoms with Crippen LogP contribution < -0.4 is 9.47 Å². The first-order chi connectivity index (χ1) is 17.5. The number of benzene rings is 2. The molecule has 2 aromatic rings. The molecule has 8 heteroatoms. The molecule has 0 unspecified atom stereocenters. The highest BCUT2D eigenvalue weighted by Crippen LogP contribution is 2.38. The first-order valence-corrected chi connectivity index (χ1v) is 12.3. The SMILES string of the molecule is COCCN1C(=O)N(Cc2cccc(OC)c2)C(=O)C12CCN(C/C=C/c1ccc(OC)cc1)CC2. The molecular weight excluding hydrogens is 458 g/mol. The molecule has 0 radical (unpaired) electrons. The molecule has 1 spiro atoms. The molecule has 2 saturated heterocycles. The molecule has 0 bridgehead atoms. The predicted molar refractivity (Wildman–Crippen MR) is 138 cm³/mol. The average Bonchev–Trinajstić information content (AvgIpc) is 3.10. The number of methoxy groups -OCH3 is 3. The third kappa shape index (κ3) is 5.39. The number of piperidine rings is 1. The molecule has 2 heterocycles. The molecule has 3 amide bonds. The van der Waals surface area contributed by atoms with Crippen LogP contribution in [-0.2, 0) is 16.1 Å². The van der Waals surface area contributed by atoms with Gasteiger partial charge in [-0.1, -0.05) is 36.4 Å². The van der Waals surface area contributed by atoms with Crippen molar-refractivity contribution in [3.63, 3.8) is 0 Å². The van der Waals surface area contributed by atoms with Crippen LogP contribution in [-0.4, -0.2) is 86.3 Å². The molecule has 0 N–H and O–H groups in total. The van der Waals surface area contributed by atoms with Crippen LogP contribution in [0.1, 0.15) is 24.0 Å². The van der Waals surface area contributed by atoms with Gasteiger partial charge in [0.15, 0.2) is 0 Å². The van der Waals surface area contributed by atoms with Crippen LogP contribution in [0.2, 0.25) is 0 Å². The van der Waals surface area contributed by atoms with E-state index in [4.69, 9.17) is 14.2 Å². The summed E-state index contributed by atoms with van der Waals surface area (Å²) in [4.78, 5) is 32.6. The molecular formula is C28H35N3O5. The number of ether oxygens (including phenoxy) is 3. The summed E-state index contributed by atoms with van der Waals surface area (Å²) in [5.74, 6) is 1.43. The summed E-state index contributed by atoms with van der Waals surface area (Å²) >= 11 is 0. The topological polar surface area (TPSA) is 71.6 Å². The lowest BCUT2D eigenvalue weighted by Gasteiger charge is -2.42. The van der Waals surface area contributed by atoms with Crippen molar-refractivity contribution in [2.24, 2.45) is 0 Å². The lowest BCUT2D eigenvalue weighted by Crippen LogP contribution is -2.57. The molecule has 36 heavy (non-hydrogen) atoms. The summed E-state index contributed by atoms with van der Waals surface area (Å²) in [6.07, 6.45) is 5.44. The molecule has 2 aliphatic heterocycles. The minimum Gasteiger partial charge on any atom is -0.497 e. The monoisotopic (exact) mass is 493 g/mol. The summed E-state index contributed by atoms with van der Waals surface area (Å²) in [6, 6.07) is 15.2. The van der Waals surface area contributed by atoms with Crippen LogP contribution in [0, 0.1) is 0 Å². The van der Waals surface area contributed by atoms with E-state index in [1.165, 1.54) is 4.90 Å². The van der Waals surface area contributed by atoms with Gasteiger partial charge in [0.25, 0.3) is 5.91 Å². The number of imide groups is 1. The highest BCUT2D eigenvalue weighted by molar-refractivity contribution is 6.07. The molecule has 4 rings (SSSR count). The number of carbonyl (C=O) groups is 2. The van der Waals surface area contributed by atoms with E-state index in [2.05, 4.69) is 17.1 Å². The Morgan fingerprint density at radius 3 is 2.33 bits per heavy atom. The Morgan fingerprint density at radius 2 is 1.67 bits per heavy atom. The number of hydrogen-bond donors (Lipinski definition) is 0. The van der Waals surface area contributed by atoms with E-state index in [0.717, 1.165) is 36.5 Å². The Balaban J connectivity index is 1.43. The molecule has 2 aromatic carbocycles. The molecule has 8 nitrogen and oxygen atoms in total. The zero-order valence-corrected chi connectivity index (χ0v) is 21.3. The van der Waals surface area contributed by atoms with Gasteiger partial charge in [-0.2, -0.15) is 0 Å². The Hall–Kier alpha value is -3.36. The van der Waals surface area contributed by atoms with E-state index in [1.54, 1.807) is 26.2 Å². The molecule has 192 valence electrons. The first-order valence-electron chi connectivity index (χ1n) is 12.3. The van der Waals surface area contributed by atoms with Gasteiger partial charge in [0.1, 0.15) is 17.0 Å². The maximum absolute atomic E-state index is 13.7. The molecule has 2 fully saturated rings. The Bertz CT molecular complexity index is 1080. The molecule has 0 aromatic heterocycles.